The molecule has 1 aromatic carbocycles. The van der Waals surface area contributed by atoms with Crippen LogP contribution in [0.5, 0.6) is 5.75 Å². The van der Waals surface area contributed by atoms with Crippen molar-refractivity contribution in [1.82, 2.24) is 16.0 Å². The van der Waals surface area contributed by atoms with Gasteiger partial charge in [-0.3, -0.25) is 19.2 Å². The molecule has 3 amide bonds. The Hall–Kier alpha value is -3.67. The molecule has 0 bridgehead atoms. The first-order valence-electron chi connectivity index (χ1n) is 11.2. The van der Waals surface area contributed by atoms with Crippen molar-refractivity contribution in [2.24, 2.45) is 11.7 Å². The van der Waals surface area contributed by atoms with Crippen LogP contribution in [0.25, 0.3) is 0 Å². The van der Waals surface area contributed by atoms with Crippen molar-refractivity contribution in [3.8, 4) is 5.75 Å². The zero-order valence-electron chi connectivity index (χ0n) is 20.0. The maximum atomic E-state index is 12.9. The van der Waals surface area contributed by atoms with Gasteiger partial charge < -0.3 is 37.0 Å². The number of aliphatic carboxylic acids is 2. The van der Waals surface area contributed by atoms with Gasteiger partial charge in [0.1, 0.15) is 23.9 Å². The summed E-state index contributed by atoms with van der Waals surface area (Å²) in [6.45, 7) is 5.21. The number of carboxylic acids is 2. The summed E-state index contributed by atoms with van der Waals surface area (Å²) in [7, 11) is 0. The SMILES string of the molecule is CC(C)CC(N)C(=O)NC(C)C(=O)NC(Cc1ccc(O)cc1)C(=O)NC(CCC(=O)O)C(=O)O. The number of carboxylic acid groups (broad SMARTS) is 2. The van der Waals surface area contributed by atoms with E-state index in [2.05, 4.69) is 16.0 Å². The van der Waals surface area contributed by atoms with E-state index in [9.17, 15) is 34.2 Å². The highest BCUT2D eigenvalue weighted by Gasteiger charge is 2.29. The zero-order chi connectivity index (χ0) is 26.7. The molecule has 1 aromatic rings. The topological polar surface area (TPSA) is 208 Å². The predicted octanol–water partition coefficient (Wildman–Crippen LogP) is -0.268. The van der Waals surface area contributed by atoms with Gasteiger partial charge in [-0.1, -0.05) is 26.0 Å². The van der Waals surface area contributed by atoms with Gasteiger partial charge in [0.25, 0.3) is 0 Å². The Morgan fingerprint density at radius 3 is 1.94 bits per heavy atom. The lowest BCUT2D eigenvalue weighted by molar-refractivity contribution is -0.143. The maximum Gasteiger partial charge on any atom is 0.326 e. The van der Waals surface area contributed by atoms with Gasteiger partial charge in [-0.15, -0.1) is 0 Å². The van der Waals surface area contributed by atoms with E-state index < -0.39 is 60.2 Å². The molecule has 8 N–H and O–H groups in total. The smallest absolute Gasteiger partial charge is 0.326 e. The number of nitrogens with two attached hydrogens (primary N) is 1. The van der Waals surface area contributed by atoms with Crippen LogP contribution in [-0.4, -0.2) is 69.1 Å². The van der Waals surface area contributed by atoms with Crippen molar-refractivity contribution in [1.29, 1.82) is 0 Å². The molecule has 0 aliphatic heterocycles. The first kappa shape index (κ1) is 29.4. The average Bonchev–Trinajstić information content (AvgIpc) is 2.76. The Bertz CT molecular complexity index is 903. The molecule has 0 aliphatic carbocycles. The van der Waals surface area contributed by atoms with E-state index in [0.29, 0.717) is 12.0 Å². The molecule has 4 unspecified atom stereocenters. The fraction of sp³-hybridized carbons (Fsp3) is 0.522. The number of amides is 3. The number of carbonyl (C=O) groups is 5. The number of phenols is 1. The number of phenolic OH excluding ortho intramolecular Hbond substituents is 1. The average molecular weight is 495 g/mol. The fourth-order valence-electron chi connectivity index (χ4n) is 3.17. The highest BCUT2D eigenvalue weighted by Crippen LogP contribution is 2.12. The molecular formula is C23H34N4O8. The molecule has 0 spiro atoms. The molecule has 4 atom stereocenters. The molecule has 35 heavy (non-hydrogen) atoms. The summed E-state index contributed by atoms with van der Waals surface area (Å²) in [5.41, 5.74) is 6.39. The fourth-order valence-corrected chi connectivity index (χ4v) is 3.17. The van der Waals surface area contributed by atoms with Crippen molar-refractivity contribution in [3.63, 3.8) is 0 Å². The van der Waals surface area contributed by atoms with Crippen LogP contribution in [-0.2, 0) is 30.4 Å². The third kappa shape index (κ3) is 10.9. The second-order valence-corrected chi connectivity index (χ2v) is 8.73. The van der Waals surface area contributed by atoms with E-state index in [-0.39, 0.29) is 24.5 Å². The number of hydrogen-bond acceptors (Lipinski definition) is 7. The van der Waals surface area contributed by atoms with Crippen LogP contribution < -0.4 is 21.7 Å². The molecule has 0 saturated carbocycles. The maximum absolute atomic E-state index is 12.9. The van der Waals surface area contributed by atoms with Gasteiger partial charge in [-0.2, -0.15) is 0 Å². The van der Waals surface area contributed by atoms with Crippen LogP contribution in [0.15, 0.2) is 24.3 Å². The largest absolute Gasteiger partial charge is 0.508 e. The van der Waals surface area contributed by atoms with Gasteiger partial charge >= 0.3 is 11.9 Å². The molecule has 0 aliphatic rings. The van der Waals surface area contributed by atoms with Crippen LogP contribution >= 0.6 is 0 Å². The summed E-state index contributed by atoms with van der Waals surface area (Å²) in [4.78, 5) is 60.2. The lowest BCUT2D eigenvalue weighted by atomic mass is 10.0. The third-order valence-electron chi connectivity index (χ3n) is 5.08. The minimum atomic E-state index is -1.48. The normalized spacial score (nSPS) is 14.3. The first-order valence-corrected chi connectivity index (χ1v) is 11.2. The van der Waals surface area contributed by atoms with E-state index in [1.807, 2.05) is 13.8 Å². The predicted molar refractivity (Wildman–Crippen MR) is 125 cm³/mol. The van der Waals surface area contributed by atoms with E-state index >= 15 is 0 Å². The Labute approximate surface area is 203 Å². The standard InChI is InChI=1S/C23H34N4O8/c1-12(2)10-16(24)21(32)25-13(3)20(31)27-18(11-14-4-6-15(28)7-5-14)22(33)26-17(23(34)35)8-9-19(29)30/h4-7,12-13,16-18,28H,8-11,24H2,1-3H3,(H,25,32)(H,26,33)(H,27,31)(H,29,30)(H,34,35). The molecule has 0 radical (unpaired) electrons. The summed E-state index contributed by atoms with van der Waals surface area (Å²) < 4.78 is 0. The molecular weight excluding hydrogens is 460 g/mol. The number of aromatic hydroxyl groups is 1. The first-order chi connectivity index (χ1) is 16.3. The lowest BCUT2D eigenvalue weighted by Crippen LogP contribution is -2.57. The summed E-state index contributed by atoms with van der Waals surface area (Å²) in [6.07, 6.45) is -0.474. The van der Waals surface area contributed by atoms with E-state index in [4.69, 9.17) is 10.8 Å². The Morgan fingerprint density at radius 1 is 0.857 bits per heavy atom. The lowest BCUT2D eigenvalue weighted by Gasteiger charge is -2.24. The van der Waals surface area contributed by atoms with Crippen molar-refractivity contribution < 1.29 is 39.3 Å². The van der Waals surface area contributed by atoms with Gasteiger partial charge in [0, 0.05) is 12.8 Å². The summed E-state index contributed by atoms with van der Waals surface area (Å²) in [5.74, 6) is -4.56. The van der Waals surface area contributed by atoms with Gasteiger partial charge in [-0.25, -0.2) is 4.79 Å². The van der Waals surface area contributed by atoms with Crippen LogP contribution in [0, 0.1) is 5.92 Å². The van der Waals surface area contributed by atoms with Crippen LogP contribution in [0.3, 0.4) is 0 Å². The highest BCUT2D eigenvalue weighted by atomic mass is 16.4. The number of carbonyl (C=O) groups excluding carboxylic acids is 3. The molecule has 0 saturated heterocycles. The molecule has 12 nitrogen and oxygen atoms in total. The van der Waals surface area contributed by atoms with Crippen molar-refractivity contribution in [2.45, 2.75) is 70.6 Å². The summed E-state index contributed by atoms with van der Waals surface area (Å²) in [5, 5.41) is 34.9. The Balaban J connectivity index is 2.98. The monoisotopic (exact) mass is 494 g/mol. The Morgan fingerprint density at radius 2 is 1.43 bits per heavy atom. The quantitative estimate of drug-likeness (QED) is 0.181. The van der Waals surface area contributed by atoms with Crippen molar-refractivity contribution >= 4 is 29.7 Å². The molecule has 0 heterocycles. The van der Waals surface area contributed by atoms with E-state index in [1.165, 1.54) is 31.2 Å². The molecule has 0 fully saturated rings. The number of hydrogen-bond donors (Lipinski definition) is 7. The highest BCUT2D eigenvalue weighted by molar-refractivity contribution is 5.94. The van der Waals surface area contributed by atoms with Gasteiger partial charge in [0.15, 0.2) is 0 Å². The minimum absolute atomic E-state index is 0.00697. The van der Waals surface area contributed by atoms with Gasteiger partial charge in [0.2, 0.25) is 17.7 Å². The van der Waals surface area contributed by atoms with E-state index in [0.717, 1.165) is 0 Å². The van der Waals surface area contributed by atoms with Crippen molar-refractivity contribution in [3.05, 3.63) is 29.8 Å². The second kappa shape index (κ2) is 13.9. The molecule has 12 heteroatoms. The van der Waals surface area contributed by atoms with E-state index in [1.54, 1.807) is 0 Å². The molecule has 1 rings (SSSR count). The molecule has 0 aromatic heterocycles. The van der Waals surface area contributed by atoms with Gasteiger partial charge in [0.05, 0.1) is 6.04 Å². The summed E-state index contributed by atoms with van der Waals surface area (Å²) in [6, 6.07) is 1.24. The third-order valence-corrected chi connectivity index (χ3v) is 5.08. The second-order valence-electron chi connectivity index (χ2n) is 8.73. The van der Waals surface area contributed by atoms with Crippen LogP contribution in [0.1, 0.15) is 45.6 Å². The van der Waals surface area contributed by atoms with Crippen molar-refractivity contribution in [2.75, 3.05) is 0 Å². The van der Waals surface area contributed by atoms with Crippen LogP contribution in [0.2, 0.25) is 0 Å². The summed E-state index contributed by atoms with van der Waals surface area (Å²) >= 11 is 0. The Kier molecular flexibility index (Phi) is 11.7. The number of nitrogens with one attached hydrogen (secondary N) is 3. The van der Waals surface area contributed by atoms with Gasteiger partial charge in [-0.05, 0) is 43.4 Å². The molecule has 194 valence electrons. The number of benzene rings is 1. The van der Waals surface area contributed by atoms with Crippen LogP contribution in [0.4, 0.5) is 0 Å². The minimum Gasteiger partial charge on any atom is -0.508 e. The zero-order valence-corrected chi connectivity index (χ0v) is 20.0. The number of rotatable bonds is 14.